The number of rotatable bonds is 3. The van der Waals surface area contributed by atoms with Gasteiger partial charge in [0.15, 0.2) is 0 Å². The van der Waals surface area contributed by atoms with Crippen LogP contribution in [0.1, 0.15) is 6.92 Å². The maximum Gasteiger partial charge on any atom is 0.246 e. The normalized spacial score (nSPS) is 25.2. The number of carbonyl (C=O) groups excluding carboxylic acids is 1. The number of nitrogens with zero attached hydrogens (tertiary/aromatic N) is 2. The lowest BCUT2D eigenvalue weighted by Gasteiger charge is -2.15. The number of aliphatic hydroxyl groups excluding tert-OH is 1. The Bertz CT molecular complexity index is 527. The Kier molecular flexibility index (Phi) is 3.37. The molecule has 100 valence electrons. The highest BCUT2D eigenvalue weighted by atomic mass is 32.2. The lowest BCUT2D eigenvalue weighted by atomic mass is 10.2. The molecule has 0 bridgehead atoms. The first kappa shape index (κ1) is 13.0. The van der Waals surface area contributed by atoms with Crippen molar-refractivity contribution in [3.8, 4) is 0 Å². The fourth-order valence-corrected chi connectivity index (χ4v) is 3.27. The van der Waals surface area contributed by atoms with Crippen LogP contribution in [-0.4, -0.2) is 59.2 Å². The Balaban J connectivity index is 2.15. The third-order valence-electron chi connectivity index (χ3n) is 2.76. The van der Waals surface area contributed by atoms with Gasteiger partial charge in [-0.3, -0.25) is 9.89 Å². The van der Waals surface area contributed by atoms with E-state index in [2.05, 4.69) is 15.5 Å². The Morgan fingerprint density at radius 3 is 2.89 bits per heavy atom. The first-order valence-electron chi connectivity index (χ1n) is 5.35. The van der Waals surface area contributed by atoms with Gasteiger partial charge in [0.05, 0.1) is 18.3 Å². The van der Waals surface area contributed by atoms with Gasteiger partial charge in [0, 0.05) is 26.2 Å². The molecule has 2 rings (SSSR count). The molecule has 1 saturated heterocycles. The minimum absolute atomic E-state index is 0.0400. The smallest absolute Gasteiger partial charge is 0.246 e. The predicted octanol–water partition coefficient (Wildman–Crippen LogP) is -1.72. The average molecular weight is 274 g/mol. The van der Waals surface area contributed by atoms with E-state index in [0.717, 1.165) is 4.31 Å². The molecule has 1 aliphatic heterocycles. The Labute approximate surface area is 104 Å². The van der Waals surface area contributed by atoms with Crippen molar-refractivity contribution in [3.05, 3.63) is 12.4 Å². The number of aromatic nitrogens is 2. The number of H-pyrrole nitrogens is 1. The molecular formula is C9H14N4O4S. The molecule has 2 atom stereocenters. The zero-order valence-corrected chi connectivity index (χ0v) is 10.5. The van der Waals surface area contributed by atoms with Crippen LogP contribution in [0.25, 0.3) is 0 Å². The second-order valence-electron chi connectivity index (χ2n) is 4.13. The maximum absolute atomic E-state index is 12.1. The zero-order chi connectivity index (χ0) is 13.3. The van der Waals surface area contributed by atoms with Gasteiger partial charge in [-0.25, -0.2) is 8.42 Å². The Morgan fingerprint density at radius 1 is 1.61 bits per heavy atom. The molecule has 3 N–H and O–H groups in total. The van der Waals surface area contributed by atoms with Gasteiger partial charge in [-0.1, -0.05) is 0 Å². The molecule has 2 heterocycles. The molecule has 1 aromatic heterocycles. The number of β-amino-alcohol motifs (C(OH)–C–C–N with tert-alkyl or cyclic N) is 1. The number of carbonyl (C=O) groups is 1. The standard InChI is InChI=1S/C9H14N4O4S/c1-6(14)12-8-4-13(5-9(8)15)18(16,17)7-2-10-11-3-7/h2-3,8-9,15H,4-5H2,1H3,(H,10,11)(H,12,14)/t8-,9-/m1/s1. The van der Waals surface area contributed by atoms with E-state index in [1.54, 1.807) is 0 Å². The van der Waals surface area contributed by atoms with Gasteiger partial charge in [-0.05, 0) is 0 Å². The summed E-state index contributed by atoms with van der Waals surface area (Å²) in [4.78, 5) is 11.0. The fourth-order valence-electron chi connectivity index (χ4n) is 1.88. The summed E-state index contributed by atoms with van der Waals surface area (Å²) in [5, 5.41) is 18.3. The summed E-state index contributed by atoms with van der Waals surface area (Å²) in [5.41, 5.74) is 0. The van der Waals surface area contributed by atoms with E-state index in [1.165, 1.54) is 19.3 Å². The summed E-state index contributed by atoms with van der Waals surface area (Å²) in [6.07, 6.45) is 1.57. The highest BCUT2D eigenvalue weighted by Gasteiger charge is 2.39. The van der Waals surface area contributed by atoms with E-state index >= 15 is 0 Å². The molecule has 1 aliphatic rings. The van der Waals surface area contributed by atoms with Crippen LogP contribution in [0.3, 0.4) is 0 Å². The van der Waals surface area contributed by atoms with Crippen molar-refractivity contribution in [2.45, 2.75) is 24.0 Å². The average Bonchev–Trinajstić information content (AvgIpc) is 2.88. The van der Waals surface area contributed by atoms with Crippen molar-refractivity contribution in [2.75, 3.05) is 13.1 Å². The Morgan fingerprint density at radius 2 is 2.33 bits per heavy atom. The molecule has 8 nitrogen and oxygen atoms in total. The van der Waals surface area contributed by atoms with Gasteiger partial charge in [-0.15, -0.1) is 0 Å². The number of hydrogen-bond donors (Lipinski definition) is 3. The van der Waals surface area contributed by atoms with Gasteiger partial charge in [-0.2, -0.15) is 9.40 Å². The van der Waals surface area contributed by atoms with Crippen LogP contribution in [0.2, 0.25) is 0 Å². The largest absolute Gasteiger partial charge is 0.390 e. The lowest BCUT2D eigenvalue weighted by molar-refractivity contribution is -0.120. The molecule has 18 heavy (non-hydrogen) atoms. The number of aromatic amines is 1. The van der Waals surface area contributed by atoms with Crippen LogP contribution in [0, 0.1) is 0 Å². The Hall–Kier alpha value is -1.45. The third kappa shape index (κ3) is 2.37. The van der Waals surface area contributed by atoms with E-state index in [1.807, 2.05) is 0 Å². The summed E-state index contributed by atoms with van der Waals surface area (Å²) >= 11 is 0. The van der Waals surface area contributed by atoms with E-state index < -0.39 is 22.2 Å². The number of aliphatic hydroxyl groups is 1. The maximum atomic E-state index is 12.1. The topological polar surface area (TPSA) is 115 Å². The first-order chi connectivity index (χ1) is 8.41. The number of hydrogen-bond acceptors (Lipinski definition) is 5. The van der Waals surface area contributed by atoms with Crippen LogP contribution in [-0.2, 0) is 14.8 Å². The highest BCUT2D eigenvalue weighted by Crippen LogP contribution is 2.20. The molecule has 0 aliphatic carbocycles. The van der Waals surface area contributed by atoms with Gasteiger partial charge >= 0.3 is 0 Å². The molecular weight excluding hydrogens is 260 g/mol. The molecule has 9 heteroatoms. The van der Waals surface area contributed by atoms with Crippen LogP contribution in [0.15, 0.2) is 17.3 Å². The van der Waals surface area contributed by atoms with Gasteiger partial charge < -0.3 is 10.4 Å². The van der Waals surface area contributed by atoms with E-state index in [4.69, 9.17) is 0 Å². The molecule has 0 unspecified atom stereocenters. The molecule has 0 radical (unpaired) electrons. The van der Waals surface area contributed by atoms with Crippen LogP contribution in [0.5, 0.6) is 0 Å². The summed E-state index contributed by atoms with van der Waals surface area (Å²) in [5.74, 6) is -0.304. The second-order valence-corrected chi connectivity index (χ2v) is 6.07. The predicted molar refractivity (Wildman–Crippen MR) is 61.0 cm³/mol. The fraction of sp³-hybridized carbons (Fsp3) is 0.556. The van der Waals surface area contributed by atoms with Crippen molar-refractivity contribution >= 4 is 15.9 Å². The molecule has 0 saturated carbocycles. The van der Waals surface area contributed by atoms with E-state index in [0.29, 0.717) is 0 Å². The van der Waals surface area contributed by atoms with Crippen molar-refractivity contribution in [2.24, 2.45) is 0 Å². The van der Waals surface area contributed by atoms with Gasteiger partial charge in [0.1, 0.15) is 4.90 Å². The summed E-state index contributed by atoms with van der Waals surface area (Å²) in [7, 11) is -3.67. The third-order valence-corrected chi connectivity index (χ3v) is 4.55. The van der Waals surface area contributed by atoms with Crippen molar-refractivity contribution in [1.82, 2.24) is 19.8 Å². The van der Waals surface area contributed by atoms with E-state index in [9.17, 15) is 18.3 Å². The van der Waals surface area contributed by atoms with Gasteiger partial charge in [0.2, 0.25) is 15.9 Å². The van der Waals surface area contributed by atoms with E-state index in [-0.39, 0.29) is 23.9 Å². The minimum Gasteiger partial charge on any atom is -0.390 e. The monoisotopic (exact) mass is 274 g/mol. The number of amides is 1. The summed E-state index contributed by atoms with van der Waals surface area (Å²) < 4.78 is 25.4. The SMILES string of the molecule is CC(=O)N[C@@H]1CN(S(=O)(=O)c2cn[nH]c2)C[C@H]1O. The molecule has 0 aromatic carbocycles. The highest BCUT2D eigenvalue weighted by molar-refractivity contribution is 7.89. The quantitative estimate of drug-likeness (QED) is 0.606. The van der Waals surface area contributed by atoms with Crippen molar-refractivity contribution in [1.29, 1.82) is 0 Å². The van der Waals surface area contributed by atoms with Crippen LogP contribution < -0.4 is 5.32 Å². The molecule has 1 amide bonds. The van der Waals surface area contributed by atoms with Crippen molar-refractivity contribution in [3.63, 3.8) is 0 Å². The number of nitrogens with one attached hydrogen (secondary N) is 2. The molecule has 0 spiro atoms. The first-order valence-corrected chi connectivity index (χ1v) is 6.79. The second kappa shape index (κ2) is 4.67. The van der Waals surface area contributed by atoms with Crippen LogP contribution in [0.4, 0.5) is 0 Å². The lowest BCUT2D eigenvalue weighted by Crippen LogP contribution is -2.41. The summed E-state index contributed by atoms with van der Waals surface area (Å²) in [6, 6.07) is -0.579. The number of sulfonamides is 1. The van der Waals surface area contributed by atoms with Crippen LogP contribution >= 0.6 is 0 Å². The van der Waals surface area contributed by atoms with Gasteiger partial charge in [0.25, 0.3) is 0 Å². The molecule has 1 aromatic rings. The zero-order valence-electron chi connectivity index (χ0n) is 9.70. The minimum atomic E-state index is -3.67. The molecule has 1 fully saturated rings. The van der Waals surface area contributed by atoms with Crippen molar-refractivity contribution < 1.29 is 18.3 Å². The summed E-state index contributed by atoms with van der Waals surface area (Å²) in [6.45, 7) is 1.33.